The van der Waals surface area contributed by atoms with E-state index in [-0.39, 0.29) is 17.7 Å². The number of aliphatic hydroxyl groups excluding tert-OH is 1. The van der Waals surface area contributed by atoms with E-state index >= 15 is 0 Å². The molecule has 3 nitrogen and oxygen atoms in total. The Morgan fingerprint density at radius 3 is 2.44 bits per heavy atom. The number of nitrogens with zero attached hydrogens (tertiary/aromatic N) is 1. The molecule has 1 N–H and O–H groups in total. The highest BCUT2D eigenvalue weighted by Gasteiger charge is 2.52. The van der Waals surface area contributed by atoms with E-state index < -0.39 is 17.1 Å². The molecule has 2 unspecified atom stereocenters. The first-order chi connectivity index (χ1) is 16.1. The fourth-order valence-corrected chi connectivity index (χ4v) is 6.07. The molecule has 0 radical (unpaired) electrons. The first-order valence-corrected chi connectivity index (χ1v) is 13.0. The summed E-state index contributed by atoms with van der Waals surface area (Å²) in [5, 5.41) is 13.7. The number of benzene rings is 2. The largest absolute Gasteiger partial charge is 0.390 e. The van der Waals surface area contributed by atoms with E-state index in [1.54, 1.807) is 0 Å². The van der Waals surface area contributed by atoms with Crippen LogP contribution in [0.5, 0.6) is 0 Å². The lowest BCUT2D eigenvalue weighted by atomic mass is 9.62. The Bertz CT molecular complexity index is 1000. The van der Waals surface area contributed by atoms with Crippen LogP contribution in [0, 0.1) is 5.92 Å². The molecule has 1 amide bonds. The van der Waals surface area contributed by atoms with Crippen molar-refractivity contribution >= 4 is 29.1 Å². The molecule has 0 aliphatic carbocycles. The Kier molecular flexibility index (Phi) is 8.55. The number of piperidine rings is 1. The van der Waals surface area contributed by atoms with E-state index in [1.807, 2.05) is 66.4 Å². The molecule has 4 atom stereocenters. The van der Waals surface area contributed by atoms with Crippen LogP contribution in [0.25, 0.3) is 0 Å². The summed E-state index contributed by atoms with van der Waals surface area (Å²) in [5.74, 6) is -0.272. The molecule has 2 aromatic carbocycles. The Morgan fingerprint density at radius 2 is 1.85 bits per heavy atom. The third-order valence-electron chi connectivity index (χ3n) is 7.79. The zero-order valence-electron chi connectivity index (χ0n) is 20.7. The number of aliphatic hydroxyl groups is 1. The Morgan fingerprint density at radius 1 is 1.18 bits per heavy atom. The molecule has 0 saturated carbocycles. The van der Waals surface area contributed by atoms with Gasteiger partial charge in [-0.3, -0.25) is 4.79 Å². The maximum absolute atomic E-state index is 13.4. The first-order valence-electron chi connectivity index (χ1n) is 12.2. The van der Waals surface area contributed by atoms with Crippen molar-refractivity contribution in [3.63, 3.8) is 0 Å². The van der Waals surface area contributed by atoms with Gasteiger partial charge in [-0.25, -0.2) is 0 Å². The van der Waals surface area contributed by atoms with E-state index in [9.17, 15) is 9.90 Å². The van der Waals surface area contributed by atoms with E-state index in [0.29, 0.717) is 29.4 Å². The molecule has 3 rings (SSSR count). The van der Waals surface area contributed by atoms with Gasteiger partial charge in [0.05, 0.1) is 11.6 Å². The van der Waals surface area contributed by atoms with E-state index in [4.69, 9.17) is 23.2 Å². The third kappa shape index (κ3) is 5.08. The van der Waals surface area contributed by atoms with Gasteiger partial charge in [-0.05, 0) is 66.5 Å². The van der Waals surface area contributed by atoms with Crippen molar-refractivity contribution < 1.29 is 9.90 Å². The number of rotatable bonds is 9. The van der Waals surface area contributed by atoms with Gasteiger partial charge in [0.25, 0.3) is 0 Å². The van der Waals surface area contributed by atoms with Gasteiger partial charge in [0.15, 0.2) is 0 Å². The summed E-state index contributed by atoms with van der Waals surface area (Å²) in [4.78, 5) is 15.4. The normalized spacial score (nSPS) is 20.5. The highest BCUT2D eigenvalue weighted by atomic mass is 35.5. The summed E-state index contributed by atoms with van der Waals surface area (Å²) in [6.45, 7) is 13.0. The topological polar surface area (TPSA) is 40.5 Å². The zero-order chi connectivity index (χ0) is 25.1. The van der Waals surface area contributed by atoms with Crippen molar-refractivity contribution in [3.8, 4) is 0 Å². The minimum atomic E-state index is -0.853. The molecule has 1 fully saturated rings. The van der Waals surface area contributed by atoms with Gasteiger partial charge in [0, 0.05) is 28.4 Å². The van der Waals surface area contributed by atoms with Crippen LogP contribution in [-0.2, 0) is 10.2 Å². The average Bonchev–Trinajstić information content (AvgIpc) is 2.80. The van der Waals surface area contributed by atoms with Gasteiger partial charge in [-0.1, -0.05) is 81.2 Å². The van der Waals surface area contributed by atoms with Gasteiger partial charge in [-0.2, -0.15) is 0 Å². The third-order valence-corrected chi connectivity index (χ3v) is 8.28. The number of carbonyl (C=O) groups is 1. The van der Waals surface area contributed by atoms with E-state index in [1.165, 1.54) is 0 Å². The van der Waals surface area contributed by atoms with Crippen molar-refractivity contribution in [1.29, 1.82) is 0 Å². The van der Waals surface area contributed by atoms with Crippen LogP contribution in [0.15, 0.2) is 61.2 Å². The van der Waals surface area contributed by atoms with Crippen LogP contribution in [0.2, 0.25) is 10.0 Å². The van der Waals surface area contributed by atoms with Crippen LogP contribution in [0.3, 0.4) is 0 Å². The van der Waals surface area contributed by atoms with Gasteiger partial charge in [-0.15, -0.1) is 6.58 Å². The lowest BCUT2D eigenvalue weighted by Crippen LogP contribution is -2.63. The predicted molar refractivity (Wildman–Crippen MR) is 143 cm³/mol. The number of hydrogen-bond acceptors (Lipinski definition) is 2. The summed E-state index contributed by atoms with van der Waals surface area (Å²) in [6.07, 6.45) is 3.93. The van der Waals surface area contributed by atoms with Crippen LogP contribution in [0.1, 0.15) is 70.4 Å². The van der Waals surface area contributed by atoms with E-state index in [0.717, 1.165) is 24.0 Å². The van der Waals surface area contributed by atoms with Crippen molar-refractivity contribution in [2.45, 2.75) is 76.4 Å². The van der Waals surface area contributed by atoms with Gasteiger partial charge < -0.3 is 10.0 Å². The molecule has 1 heterocycles. The molecule has 0 bridgehead atoms. The molecule has 184 valence electrons. The molecular formula is C29H37Cl2NO2. The maximum Gasteiger partial charge on any atom is 0.225 e. The lowest BCUT2D eigenvalue weighted by molar-refractivity contribution is -0.154. The molecule has 5 heteroatoms. The molecule has 0 spiro atoms. The van der Waals surface area contributed by atoms with Crippen LogP contribution >= 0.6 is 23.2 Å². The number of hydrogen-bond donors (Lipinski definition) is 1. The van der Waals surface area contributed by atoms with Crippen molar-refractivity contribution in [3.05, 3.63) is 82.4 Å². The number of amides is 1. The van der Waals surface area contributed by atoms with Crippen LogP contribution < -0.4 is 0 Å². The fourth-order valence-electron chi connectivity index (χ4n) is 5.75. The summed E-state index contributed by atoms with van der Waals surface area (Å²) in [5.41, 5.74) is 0.743. The molecule has 1 saturated heterocycles. The number of likely N-dealkylation sites (tertiary alicyclic amines) is 1. The second-order valence-corrected chi connectivity index (χ2v) is 11.1. The smallest absolute Gasteiger partial charge is 0.225 e. The monoisotopic (exact) mass is 501 g/mol. The molecule has 2 aromatic rings. The zero-order valence-corrected chi connectivity index (χ0v) is 22.2. The predicted octanol–water partition coefficient (Wildman–Crippen LogP) is 7.40. The van der Waals surface area contributed by atoms with Crippen LogP contribution in [-0.4, -0.2) is 34.1 Å². The van der Waals surface area contributed by atoms with Crippen LogP contribution in [0.4, 0.5) is 0 Å². The van der Waals surface area contributed by atoms with Crippen molar-refractivity contribution in [1.82, 2.24) is 4.90 Å². The minimum Gasteiger partial charge on any atom is -0.390 e. The average molecular weight is 503 g/mol. The quantitative estimate of drug-likeness (QED) is 0.363. The minimum absolute atomic E-state index is 0.0504. The van der Waals surface area contributed by atoms with Gasteiger partial charge >= 0.3 is 0 Å². The van der Waals surface area contributed by atoms with Gasteiger partial charge in [0.1, 0.15) is 0 Å². The maximum atomic E-state index is 13.4. The summed E-state index contributed by atoms with van der Waals surface area (Å²) in [6, 6.07) is 15.5. The van der Waals surface area contributed by atoms with Gasteiger partial charge in [0.2, 0.25) is 5.91 Å². The molecule has 34 heavy (non-hydrogen) atoms. The highest BCUT2D eigenvalue weighted by molar-refractivity contribution is 6.30. The Balaban J connectivity index is 2.21. The summed E-state index contributed by atoms with van der Waals surface area (Å²) < 4.78 is 0. The Hall–Kier alpha value is -1.81. The highest BCUT2D eigenvalue weighted by Crippen LogP contribution is 2.48. The second kappa shape index (κ2) is 10.8. The standard InChI is InChI=1S/C29H37Cl2NO2/c1-6-17-29(7-2,32-18-9-10-20(3)27(32)34)26(33)25(21-11-8-12-24(31)19-21)28(4,5)22-13-15-23(30)16-14-22/h6,8,11-16,19-20,25-26,33H,1,7,9-10,17-18H2,2-5H3/t20?,25-,26?,29-/m0/s1. The number of carbonyl (C=O) groups excluding carboxylic acids is 1. The van der Waals surface area contributed by atoms with E-state index in [2.05, 4.69) is 27.4 Å². The summed E-state index contributed by atoms with van der Waals surface area (Å²) >= 11 is 12.6. The fraction of sp³-hybridized carbons (Fsp3) is 0.483. The van der Waals surface area contributed by atoms with Crippen molar-refractivity contribution in [2.24, 2.45) is 5.92 Å². The SMILES string of the molecule is C=CC[C@@](CC)(C(O)[C@H](c1cccc(Cl)c1)C(C)(C)c1ccc(Cl)cc1)N1CCCC(C)C1=O. The molecule has 1 aliphatic rings. The second-order valence-electron chi connectivity index (χ2n) is 10.2. The van der Waals surface area contributed by atoms with Crippen molar-refractivity contribution in [2.75, 3.05) is 6.54 Å². The molecule has 1 aliphatic heterocycles. The molecular weight excluding hydrogens is 465 g/mol. The lowest BCUT2D eigenvalue weighted by Gasteiger charge is -2.53. The summed E-state index contributed by atoms with van der Waals surface area (Å²) in [7, 11) is 0. The molecule has 0 aromatic heterocycles. The first kappa shape index (κ1) is 26.8. The number of halogens is 2. The Labute approximate surface area is 214 Å².